The SMILES string of the molecule is COCCC1(c2noc(-c3cccnc3)n2)CCN(C(=O)NCCc2ccccc2)CC1. The minimum Gasteiger partial charge on any atom is -0.385 e. The summed E-state index contributed by atoms with van der Waals surface area (Å²) < 4.78 is 10.9. The maximum absolute atomic E-state index is 12.7. The summed E-state index contributed by atoms with van der Waals surface area (Å²) in [4.78, 5) is 23.4. The number of carbonyl (C=O) groups is 1. The van der Waals surface area contributed by atoms with Crippen LogP contribution in [0.1, 0.15) is 30.7 Å². The molecule has 1 fully saturated rings. The van der Waals surface area contributed by atoms with Crippen LogP contribution in [0, 0.1) is 0 Å². The van der Waals surface area contributed by atoms with Gasteiger partial charge in [0.25, 0.3) is 5.89 Å². The first-order valence-corrected chi connectivity index (χ1v) is 11.0. The zero-order chi connectivity index (χ0) is 22.2. The molecule has 3 heterocycles. The zero-order valence-electron chi connectivity index (χ0n) is 18.4. The van der Waals surface area contributed by atoms with Crippen molar-refractivity contribution >= 4 is 6.03 Å². The number of nitrogens with zero attached hydrogens (tertiary/aromatic N) is 4. The number of pyridine rings is 1. The molecule has 8 heteroatoms. The van der Waals surface area contributed by atoms with Crippen molar-refractivity contribution in [1.29, 1.82) is 0 Å². The molecule has 1 aliphatic rings. The Morgan fingerprint density at radius 3 is 2.72 bits per heavy atom. The predicted molar refractivity (Wildman–Crippen MR) is 120 cm³/mol. The lowest BCUT2D eigenvalue weighted by Crippen LogP contribution is -2.49. The van der Waals surface area contributed by atoms with Gasteiger partial charge in [0.15, 0.2) is 5.82 Å². The number of ether oxygens (including phenoxy) is 1. The first-order chi connectivity index (χ1) is 15.7. The van der Waals surface area contributed by atoms with Gasteiger partial charge in [-0.1, -0.05) is 35.5 Å². The lowest BCUT2D eigenvalue weighted by molar-refractivity contribution is 0.114. The van der Waals surface area contributed by atoms with Crippen molar-refractivity contribution in [3.05, 3.63) is 66.2 Å². The van der Waals surface area contributed by atoms with E-state index >= 15 is 0 Å². The number of hydrogen-bond acceptors (Lipinski definition) is 6. The van der Waals surface area contributed by atoms with E-state index < -0.39 is 0 Å². The van der Waals surface area contributed by atoms with E-state index in [2.05, 4.69) is 32.6 Å². The fourth-order valence-electron chi connectivity index (χ4n) is 4.14. The van der Waals surface area contributed by atoms with Gasteiger partial charge in [-0.2, -0.15) is 4.98 Å². The number of amides is 2. The summed E-state index contributed by atoms with van der Waals surface area (Å²) >= 11 is 0. The van der Waals surface area contributed by atoms with E-state index in [0.717, 1.165) is 31.2 Å². The van der Waals surface area contributed by atoms with E-state index in [1.54, 1.807) is 19.5 Å². The fraction of sp³-hybridized carbons (Fsp3) is 0.417. The first kappa shape index (κ1) is 22.0. The van der Waals surface area contributed by atoms with Crippen molar-refractivity contribution in [1.82, 2.24) is 25.3 Å². The molecule has 0 spiro atoms. The van der Waals surface area contributed by atoms with Crippen molar-refractivity contribution in [2.75, 3.05) is 33.4 Å². The molecule has 168 valence electrons. The smallest absolute Gasteiger partial charge is 0.317 e. The summed E-state index contributed by atoms with van der Waals surface area (Å²) in [6, 6.07) is 13.9. The second-order valence-corrected chi connectivity index (χ2v) is 8.14. The highest BCUT2D eigenvalue weighted by Crippen LogP contribution is 2.38. The summed E-state index contributed by atoms with van der Waals surface area (Å²) in [6.45, 7) is 2.49. The quantitative estimate of drug-likeness (QED) is 0.582. The lowest BCUT2D eigenvalue weighted by atomic mass is 9.75. The van der Waals surface area contributed by atoms with Crippen LogP contribution in [-0.4, -0.2) is 59.4 Å². The summed E-state index contributed by atoms with van der Waals surface area (Å²) in [5.74, 6) is 1.14. The van der Waals surface area contributed by atoms with Gasteiger partial charge in [0.2, 0.25) is 0 Å². The molecule has 1 aliphatic heterocycles. The minimum atomic E-state index is -0.277. The van der Waals surface area contributed by atoms with Crippen molar-refractivity contribution < 1.29 is 14.1 Å². The zero-order valence-corrected chi connectivity index (χ0v) is 18.4. The number of aromatic nitrogens is 3. The largest absolute Gasteiger partial charge is 0.385 e. The number of hydrogen-bond donors (Lipinski definition) is 1. The van der Waals surface area contributed by atoms with Crippen molar-refractivity contribution in [3.63, 3.8) is 0 Å². The van der Waals surface area contributed by atoms with E-state index in [0.29, 0.717) is 38.0 Å². The molecule has 4 rings (SSSR count). The summed E-state index contributed by atoms with van der Waals surface area (Å²) in [6.07, 6.45) is 6.53. The average Bonchev–Trinajstić information content (AvgIpc) is 3.35. The molecule has 0 unspecified atom stereocenters. The molecule has 1 saturated heterocycles. The van der Waals surface area contributed by atoms with Crippen LogP contribution in [-0.2, 0) is 16.6 Å². The highest BCUT2D eigenvalue weighted by Gasteiger charge is 2.41. The van der Waals surface area contributed by atoms with Crippen LogP contribution >= 0.6 is 0 Å². The minimum absolute atomic E-state index is 0.0227. The van der Waals surface area contributed by atoms with Gasteiger partial charge in [0.05, 0.1) is 5.56 Å². The number of nitrogens with one attached hydrogen (secondary N) is 1. The van der Waals surface area contributed by atoms with Crippen molar-refractivity contribution in [3.8, 4) is 11.5 Å². The average molecular weight is 436 g/mol. The number of benzene rings is 1. The molecular weight excluding hydrogens is 406 g/mol. The van der Waals surface area contributed by atoms with Gasteiger partial charge in [0.1, 0.15) is 0 Å². The van der Waals surface area contributed by atoms with E-state index in [4.69, 9.17) is 9.26 Å². The third kappa shape index (κ3) is 5.13. The van der Waals surface area contributed by atoms with Crippen LogP contribution in [0.3, 0.4) is 0 Å². The Kier molecular flexibility index (Phi) is 7.11. The van der Waals surface area contributed by atoms with E-state index in [-0.39, 0.29) is 11.4 Å². The summed E-state index contributed by atoms with van der Waals surface area (Å²) in [7, 11) is 1.69. The van der Waals surface area contributed by atoms with Gasteiger partial charge in [-0.05, 0) is 43.4 Å². The Bertz CT molecular complexity index is 985. The van der Waals surface area contributed by atoms with Crippen LogP contribution < -0.4 is 5.32 Å². The summed E-state index contributed by atoms with van der Waals surface area (Å²) in [5.41, 5.74) is 1.73. The van der Waals surface area contributed by atoms with E-state index in [1.165, 1.54) is 5.56 Å². The molecule has 2 amide bonds. The molecule has 0 bridgehead atoms. The number of urea groups is 1. The molecule has 0 radical (unpaired) electrons. The second-order valence-electron chi connectivity index (χ2n) is 8.14. The van der Waals surface area contributed by atoms with Gasteiger partial charge in [-0.25, -0.2) is 4.79 Å². The molecule has 0 atom stereocenters. The number of piperidine rings is 1. The lowest BCUT2D eigenvalue weighted by Gasteiger charge is -2.39. The van der Waals surface area contributed by atoms with E-state index in [1.807, 2.05) is 35.2 Å². The molecule has 8 nitrogen and oxygen atoms in total. The van der Waals surface area contributed by atoms with Crippen LogP contribution in [0.15, 0.2) is 59.4 Å². The second kappa shape index (κ2) is 10.4. The fourth-order valence-corrected chi connectivity index (χ4v) is 4.14. The highest BCUT2D eigenvalue weighted by atomic mass is 16.5. The Balaban J connectivity index is 1.37. The number of methoxy groups -OCH3 is 1. The molecule has 0 saturated carbocycles. The Hall–Kier alpha value is -3.26. The van der Waals surface area contributed by atoms with Crippen LogP contribution in [0.5, 0.6) is 0 Å². The van der Waals surface area contributed by atoms with Crippen LogP contribution in [0.25, 0.3) is 11.5 Å². The van der Waals surface area contributed by atoms with Crippen LogP contribution in [0.2, 0.25) is 0 Å². The Morgan fingerprint density at radius 1 is 1.19 bits per heavy atom. The monoisotopic (exact) mass is 435 g/mol. The first-order valence-electron chi connectivity index (χ1n) is 11.0. The molecule has 1 N–H and O–H groups in total. The molecule has 1 aromatic carbocycles. The number of carbonyl (C=O) groups excluding carboxylic acids is 1. The molecule has 3 aromatic rings. The van der Waals surface area contributed by atoms with Crippen molar-refractivity contribution in [2.24, 2.45) is 0 Å². The normalized spacial score (nSPS) is 15.5. The predicted octanol–water partition coefficient (Wildman–Crippen LogP) is 3.45. The number of rotatable bonds is 8. The molecule has 0 aliphatic carbocycles. The molecule has 2 aromatic heterocycles. The Morgan fingerprint density at radius 2 is 2.00 bits per heavy atom. The molecular formula is C24H29N5O3. The van der Waals surface area contributed by atoms with Gasteiger partial charge in [-0.15, -0.1) is 0 Å². The molecule has 32 heavy (non-hydrogen) atoms. The third-order valence-electron chi connectivity index (χ3n) is 6.13. The Labute approximate surface area is 188 Å². The highest BCUT2D eigenvalue weighted by molar-refractivity contribution is 5.74. The standard InChI is InChI=1S/C24H29N5O3/c1-31-17-12-24(22-27-21(32-28-22)20-8-5-13-25-18-20)10-15-29(16-11-24)23(30)26-14-9-19-6-3-2-4-7-19/h2-8,13,18H,9-12,14-17H2,1H3,(H,26,30). The van der Waals surface area contributed by atoms with Gasteiger partial charge in [-0.3, -0.25) is 4.98 Å². The number of likely N-dealkylation sites (tertiary alicyclic amines) is 1. The third-order valence-corrected chi connectivity index (χ3v) is 6.13. The van der Waals surface area contributed by atoms with Gasteiger partial charge in [0, 0.05) is 51.2 Å². The maximum atomic E-state index is 12.7. The van der Waals surface area contributed by atoms with E-state index in [9.17, 15) is 4.79 Å². The van der Waals surface area contributed by atoms with Gasteiger partial charge < -0.3 is 19.5 Å². The maximum Gasteiger partial charge on any atom is 0.317 e. The van der Waals surface area contributed by atoms with Crippen molar-refractivity contribution in [2.45, 2.75) is 31.1 Å². The van der Waals surface area contributed by atoms with Crippen LogP contribution in [0.4, 0.5) is 4.79 Å². The van der Waals surface area contributed by atoms with Gasteiger partial charge >= 0.3 is 6.03 Å². The summed E-state index contributed by atoms with van der Waals surface area (Å²) in [5, 5.41) is 7.35. The topological polar surface area (TPSA) is 93.4 Å².